The van der Waals surface area contributed by atoms with Gasteiger partial charge in [0, 0.05) is 23.5 Å². The summed E-state index contributed by atoms with van der Waals surface area (Å²) in [7, 11) is -1.23. The molecule has 4 heterocycles. The van der Waals surface area contributed by atoms with E-state index in [1.54, 1.807) is 0 Å². The van der Waals surface area contributed by atoms with Crippen LogP contribution in [0, 0.1) is 11.8 Å². The van der Waals surface area contributed by atoms with Gasteiger partial charge in [0.15, 0.2) is 0 Å². The highest BCUT2D eigenvalue weighted by molar-refractivity contribution is 7.86. The predicted octanol–water partition coefficient (Wildman–Crippen LogP) is 2.66. The minimum atomic E-state index is -1.23. The Labute approximate surface area is 158 Å². The van der Waals surface area contributed by atoms with Crippen LogP contribution in [0.2, 0.25) is 0 Å². The fourth-order valence-corrected chi connectivity index (χ4v) is 7.59. The third-order valence-corrected chi connectivity index (χ3v) is 8.88. The van der Waals surface area contributed by atoms with Crippen molar-refractivity contribution in [3.63, 3.8) is 0 Å². The summed E-state index contributed by atoms with van der Waals surface area (Å²) in [6, 6.07) is 10.6. The molecule has 5 heteroatoms. The maximum Gasteiger partial charge on any atom is 0.238 e. The molecule has 4 aliphatic rings. The molecule has 26 heavy (non-hydrogen) atoms. The van der Waals surface area contributed by atoms with E-state index in [9.17, 15) is 9.00 Å². The highest BCUT2D eigenvalue weighted by atomic mass is 32.2. The normalized spacial score (nSPS) is 38.4. The molecule has 0 aliphatic carbocycles. The molecule has 6 atom stereocenters. The lowest BCUT2D eigenvalue weighted by Gasteiger charge is -2.59. The molecule has 1 aromatic carbocycles. The second-order valence-electron chi connectivity index (χ2n) is 8.47. The molecule has 1 aromatic rings. The first kappa shape index (κ1) is 16.9. The van der Waals surface area contributed by atoms with Gasteiger partial charge < -0.3 is 4.90 Å². The van der Waals surface area contributed by atoms with Crippen LogP contribution in [0.5, 0.6) is 0 Å². The van der Waals surface area contributed by atoms with Gasteiger partial charge in [0.25, 0.3) is 0 Å². The van der Waals surface area contributed by atoms with Crippen LogP contribution in [0.1, 0.15) is 38.5 Å². The Kier molecular flexibility index (Phi) is 4.40. The first-order chi connectivity index (χ1) is 12.7. The van der Waals surface area contributed by atoms with E-state index in [2.05, 4.69) is 9.80 Å². The molecule has 2 unspecified atom stereocenters. The van der Waals surface area contributed by atoms with E-state index in [1.165, 1.54) is 38.8 Å². The van der Waals surface area contributed by atoms with Gasteiger partial charge in [0.2, 0.25) is 5.91 Å². The van der Waals surface area contributed by atoms with Crippen LogP contribution in [0.3, 0.4) is 0 Å². The topological polar surface area (TPSA) is 40.6 Å². The largest absolute Gasteiger partial charge is 0.338 e. The molecule has 1 amide bonds. The Morgan fingerprint density at radius 1 is 0.962 bits per heavy atom. The van der Waals surface area contributed by atoms with Gasteiger partial charge in [-0.15, -0.1) is 0 Å². The number of rotatable bonds is 2. The lowest BCUT2D eigenvalue weighted by atomic mass is 9.68. The number of fused-ring (bicyclic) bond motifs is 2. The van der Waals surface area contributed by atoms with Crippen LogP contribution in [-0.2, 0) is 15.6 Å². The van der Waals surface area contributed by atoms with Gasteiger partial charge in [-0.05, 0) is 75.6 Å². The fraction of sp³-hybridized carbons (Fsp3) is 0.667. The summed E-state index contributed by atoms with van der Waals surface area (Å²) in [4.78, 5) is 19.0. The summed E-state index contributed by atoms with van der Waals surface area (Å²) < 4.78 is 13.0. The number of piperidine rings is 4. The highest BCUT2D eigenvalue weighted by Gasteiger charge is 2.52. The minimum absolute atomic E-state index is 0.157. The minimum Gasteiger partial charge on any atom is -0.338 e. The molecule has 0 radical (unpaired) electrons. The van der Waals surface area contributed by atoms with Gasteiger partial charge in [-0.2, -0.15) is 0 Å². The number of nitrogens with zero attached hydrogens (tertiary/aromatic N) is 2. The second-order valence-corrected chi connectivity index (χ2v) is 10.1. The van der Waals surface area contributed by atoms with Crippen molar-refractivity contribution in [2.45, 2.75) is 60.8 Å². The molecule has 0 spiro atoms. The first-order valence-electron chi connectivity index (χ1n) is 10.2. The van der Waals surface area contributed by atoms with Gasteiger partial charge in [-0.3, -0.25) is 13.9 Å². The zero-order valence-electron chi connectivity index (χ0n) is 15.3. The van der Waals surface area contributed by atoms with Crippen molar-refractivity contribution in [1.29, 1.82) is 0 Å². The number of amides is 1. The van der Waals surface area contributed by atoms with E-state index in [4.69, 9.17) is 0 Å². The summed E-state index contributed by atoms with van der Waals surface area (Å²) in [6.07, 6.45) is 6.84. The van der Waals surface area contributed by atoms with Crippen LogP contribution in [0.25, 0.3) is 0 Å². The Morgan fingerprint density at radius 3 is 2.54 bits per heavy atom. The Hall–Kier alpha value is -1.20. The summed E-state index contributed by atoms with van der Waals surface area (Å²) in [5.41, 5.74) is 0. The molecule has 4 nitrogen and oxygen atoms in total. The van der Waals surface area contributed by atoms with Gasteiger partial charge >= 0.3 is 0 Å². The molecule has 5 rings (SSSR count). The molecule has 4 aliphatic heterocycles. The lowest BCUT2D eigenvalue weighted by Crippen LogP contribution is -2.68. The number of carbonyl (C=O) groups is 1. The fourth-order valence-electron chi connectivity index (χ4n) is 6.17. The number of benzene rings is 1. The van der Waals surface area contributed by atoms with Crippen LogP contribution >= 0.6 is 0 Å². The Morgan fingerprint density at radius 2 is 1.73 bits per heavy atom. The van der Waals surface area contributed by atoms with E-state index in [1.807, 2.05) is 30.3 Å². The van der Waals surface area contributed by atoms with Crippen molar-refractivity contribution < 1.29 is 9.00 Å². The molecule has 4 saturated heterocycles. The van der Waals surface area contributed by atoms with Crippen LogP contribution < -0.4 is 0 Å². The quantitative estimate of drug-likeness (QED) is 0.801. The number of carbonyl (C=O) groups excluding carboxylic acids is 1. The predicted molar refractivity (Wildman–Crippen MR) is 102 cm³/mol. The molecule has 140 valence electrons. The number of hydrogen-bond acceptors (Lipinski definition) is 3. The summed E-state index contributed by atoms with van der Waals surface area (Å²) in [5, 5.41) is -0.353. The summed E-state index contributed by atoms with van der Waals surface area (Å²) >= 11 is 0. The third kappa shape index (κ3) is 2.66. The van der Waals surface area contributed by atoms with E-state index in [0.29, 0.717) is 23.9 Å². The second kappa shape index (κ2) is 6.75. The molecule has 4 fully saturated rings. The Bertz CT molecular complexity index is 707. The molecular formula is C21H28N2O2S. The molecular weight excluding hydrogens is 344 g/mol. The monoisotopic (exact) mass is 372 g/mol. The highest BCUT2D eigenvalue weighted by Crippen LogP contribution is 2.45. The summed E-state index contributed by atoms with van der Waals surface area (Å²) in [6.45, 7) is 3.39. The van der Waals surface area contributed by atoms with Crippen LogP contribution in [-0.4, -0.2) is 56.9 Å². The Balaban J connectivity index is 1.40. The molecule has 0 saturated carbocycles. The van der Waals surface area contributed by atoms with Crippen molar-refractivity contribution in [1.82, 2.24) is 9.80 Å². The SMILES string of the molecule is O=C1C(S(=O)c2ccccc2)CC[C@@H]2[C@H]3CCCN4CCC[C@@H](CN12)[C@@H]34. The van der Waals surface area contributed by atoms with Gasteiger partial charge in [0.05, 0.1) is 10.8 Å². The van der Waals surface area contributed by atoms with Crippen molar-refractivity contribution >= 4 is 16.7 Å². The molecule has 0 aromatic heterocycles. The van der Waals surface area contributed by atoms with Crippen molar-refractivity contribution in [3.8, 4) is 0 Å². The standard InChI is InChI=1S/C21H28N2O2S/c24-21-19(26(25)16-7-2-1-3-8-16)11-10-18-17-9-5-13-22-12-4-6-15(20(17)22)14-23(18)21/h1-3,7-8,15,17-20H,4-6,9-14H2/t15-,17+,18+,19?,20-,26?/m0/s1. The average molecular weight is 373 g/mol. The van der Waals surface area contributed by atoms with Gasteiger partial charge in [0.1, 0.15) is 5.25 Å². The first-order valence-corrected chi connectivity index (χ1v) is 11.5. The van der Waals surface area contributed by atoms with Gasteiger partial charge in [-0.25, -0.2) is 0 Å². The van der Waals surface area contributed by atoms with Crippen molar-refractivity contribution in [2.24, 2.45) is 11.8 Å². The van der Waals surface area contributed by atoms with E-state index in [-0.39, 0.29) is 11.2 Å². The summed E-state index contributed by atoms with van der Waals surface area (Å²) in [5.74, 6) is 1.42. The van der Waals surface area contributed by atoms with E-state index in [0.717, 1.165) is 24.3 Å². The third-order valence-electron chi connectivity index (χ3n) is 7.19. The van der Waals surface area contributed by atoms with Crippen LogP contribution in [0.15, 0.2) is 35.2 Å². The zero-order chi connectivity index (χ0) is 17.7. The van der Waals surface area contributed by atoms with Crippen molar-refractivity contribution in [2.75, 3.05) is 19.6 Å². The van der Waals surface area contributed by atoms with E-state index < -0.39 is 10.8 Å². The molecule has 0 N–H and O–H groups in total. The van der Waals surface area contributed by atoms with Gasteiger partial charge in [-0.1, -0.05) is 18.2 Å². The van der Waals surface area contributed by atoms with E-state index >= 15 is 0 Å². The van der Waals surface area contributed by atoms with Crippen LogP contribution in [0.4, 0.5) is 0 Å². The smallest absolute Gasteiger partial charge is 0.238 e. The molecule has 0 bridgehead atoms. The maximum atomic E-state index is 13.3. The maximum absolute atomic E-state index is 13.3. The lowest BCUT2D eigenvalue weighted by molar-refractivity contribution is -0.150. The van der Waals surface area contributed by atoms with Crippen molar-refractivity contribution in [3.05, 3.63) is 30.3 Å². The zero-order valence-corrected chi connectivity index (χ0v) is 16.1. The average Bonchev–Trinajstić information content (AvgIpc) is 2.69. The number of hydrogen-bond donors (Lipinski definition) is 0.